The van der Waals surface area contributed by atoms with Crippen LogP contribution in [-0.4, -0.2) is 34.0 Å². The van der Waals surface area contributed by atoms with Gasteiger partial charge in [0.25, 0.3) is 5.91 Å². The van der Waals surface area contributed by atoms with Crippen molar-refractivity contribution in [1.82, 2.24) is 20.3 Å². The Bertz CT molecular complexity index is 1470. The van der Waals surface area contributed by atoms with E-state index in [0.717, 1.165) is 5.69 Å². The summed E-state index contributed by atoms with van der Waals surface area (Å²) in [5.74, 6) is 0.460. The maximum Gasteiger partial charge on any atom is 0.324 e. The number of imidazole rings is 1. The van der Waals surface area contributed by atoms with Crippen LogP contribution < -0.4 is 20.7 Å². The summed E-state index contributed by atoms with van der Waals surface area (Å²) in [5, 5.41) is 7.98. The number of H-pyrrole nitrogens is 1. The molecule has 176 valence electrons. The second-order valence-electron chi connectivity index (χ2n) is 7.95. The molecule has 1 aliphatic rings. The molecule has 2 aromatic carbocycles. The fraction of sp³-hybridized carbons (Fsp3) is 0.120. The Labute approximate surface area is 199 Å². The Balaban J connectivity index is 1.41. The fourth-order valence-corrected chi connectivity index (χ4v) is 4.04. The molecule has 0 saturated heterocycles. The molecule has 0 saturated carbocycles. The van der Waals surface area contributed by atoms with Crippen LogP contribution >= 0.6 is 0 Å². The number of benzene rings is 2. The number of ether oxygens (including phenoxy) is 1. The highest BCUT2D eigenvalue weighted by atomic mass is 19.1. The number of methoxy groups -OCH3 is 1. The molecule has 0 spiro atoms. The van der Waals surface area contributed by atoms with Gasteiger partial charge in [0.05, 0.1) is 12.7 Å². The predicted octanol–water partition coefficient (Wildman–Crippen LogP) is 4.48. The average Bonchev–Trinajstić information content (AvgIpc) is 3.45. The SMILES string of the molecule is COc1cccc(NC(=O)Nc2ccc(-c3ccc(-c4ncc(C)[nH]4)c4c3CNC4=O)c(F)c2)n1. The molecule has 3 heterocycles. The number of hydrogen-bond acceptors (Lipinski definition) is 5. The Morgan fingerprint density at radius 2 is 1.89 bits per heavy atom. The lowest BCUT2D eigenvalue weighted by atomic mass is 9.92. The van der Waals surface area contributed by atoms with Crippen LogP contribution in [0.5, 0.6) is 5.88 Å². The monoisotopic (exact) mass is 472 g/mol. The van der Waals surface area contributed by atoms with Crippen LogP contribution in [0.3, 0.4) is 0 Å². The van der Waals surface area contributed by atoms with E-state index in [9.17, 15) is 9.59 Å². The number of fused-ring (bicyclic) bond motifs is 1. The number of aromatic amines is 1. The summed E-state index contributed by atoms with van der Waals surface area (Å²) in [4.78, 5) is 36.5. The molecule has 4 N–H and O–H groups in total. The largest absolute Gasteiger partial charge is 0.481 e. The van der Waals surface area contributed by atoms with Gasteiger partial charge in [0.2, 0.25) is 5.88 Å². The number of pyridine rings is 1. The number of carbonyl (C=O) groups is 2. The van der Waals surface area contributed by atoms with Gasteiger partial charge in [-0.2, -0.15) is 4.98 Å². The number of urea groups is 1. The standard InChI is InChI=1S/C25H21FN6O3/c1-13-11-27-23(29-13)17-9-8-15(18-12-28-24(33)22(17)18)16-7-6-14(10-19(16)26)30-25(34)32-20-4-3-5-21(31-20)35-2/h3-11H,12H2,1-2H3,(H,27,29)(H,28,33)(H2,30,31,32,34). The van der Waals surface area contributed by atoms with Crippen molar-refractivity contribution in [2.24, 2.45) is 0 Å². The molecule has 35 heavy (non-hydrogen) atoms. The molecule has 0 fully saturated rings. The van der Waals surface area contributed by atoms with E-state index in [1.54, 1.807) is 48.7 Å². The Hall–Kier alpha value is -4.73. The van der Waals surface area contributed by atoms with Crippen molar-refractivity contribution < 1.29 is 18.7 Å². The number of aromatic nitrogens is 3. The molecule has 0 bridgehead atoms. The van der Waals surface area contributed by atoms with Crippen molar-refractivity contribution in [2.75, 3.05) is 17.7 Å². The molecule has 9 nitrogen and oxygen atoms in total. The zero-order chi connectivity index (χ0) is 24.5. The van der Waals surface area contributed by atoms with E-state index >= 15 is 4.39 Å². The number of aryl methyl sites for hydroxylation is 1. The van der Waals surface area contributed by atoms with Crippen LogP contribution in [0.15, 0.2) is 54.7 Å². The Morgan fingerprint density at radius 3 is 2.63 bits per heavy atom. The molecular weight excluding hydrogens is 451 g/mol. The molecular formula is C25H21FN6O3. The van der Waals surface area contributed by atoms with Crippen LogP contribution in [0.2, 0.25) is 0 Å². The smallest absolute Gasteiger partial charge is 0.324 e. The number of amides is 3. The molecule has 0 unspecified atom stereocenters. The molecule has 2 aromatic heterocycles. The molecule has 5 rings (SSSR count). The maximum atomic E-state index is 15.2. The third-order valence-corrected chi connectivity index (χ3v) is 5.62. The summed E-state index contributed by atoms with van der Waals surface area (Å²) in [6, 6.07) is 12.3. The van der Waals surface area contributed by atoms with Gasteiger partial charge in [0.1, 0.15) is 17.5 Å². The van der Waals surface area contributed by atoms with Gasteiger partial charge in [-0.25, -0.2) is 14.2 Å². The van der Waals surface area contributed by atoms with E-state index in [4.69, 9.17) is 4.74 Å². The minimum atomic E-state index is -0.577. The van der Waals surface area contributed by atoms with Gasteiger partial charge in [0.15, 0.2) is 0 Å². The van der Waals surface area contributed by atoms with E-state index in [1.807, 2.05) is 6.92 Å². The summed E-state index contributed by atoms with van der Waals surface area (Å²) in [5.41, 5.74) is 3.89. The fourth-order valence-electron chi connectivity index (χ4n) is 4.04. The normalized spacial score (nSPS) is 12.1. The van der Waals surface area contributed by atoms with Crippen LogP contribution in [-0.2, 0) is 6.54 Å². The van der Waals surface area contributed by atoms with Crippen LogP contribution in [0, 0.1) is 12.7 Å². The zero-order valence-corrected chi connectivity index (χ0v) is 18.9. The maximum absolute atomic E-state index is 15.2. The first-order chi connectivity index (χ1) is 16.9. The first kappa shape index (κ1) is 22.1. The highest BCUT2D eigenvalue weighted by molar-refractivity contribution is 6.06. The van der Waals surface area contributed by atoms with Gasteiger partial charge in [0, 0.05) is 41.3 Å². The minimum Gasteiger partial charge on any atom is -0.481 e. The molecule has 1 aliphatic heterocycles. The lowest BCUT2D eigenvalue weighted by Gasteiger charge is -2.13. The molecule has 4 aromatic rings. The third-order valence-electron chi connectivity index (χ3n) is 5.62. The zero-order valence-electron chi connectivity index (χ0n) is 18.9. The third kappa shape index (κ3) is 4.29. The molecule has 0 atom stereocenters. The summed E-state index contributed by atoms with van der Waals surface area (Å²) in [6.45, 7) is 2.16. The van der Waals surface area contributed by atoms with Crippen molar-refractivity contribution in [3.63, 3.8) is 0 Å². The minimum absolute atomic E-state index is 0.229. The molecule has 0 radical (unpaired) electrons. The van der Waals surface area contributed by atoms with Crippen molar-refractivity contribution >= 4 is 23.4 Å². The summed E-state index contributed by atoms with van der Waals surface area (Å²) < 4.78 is 20.2. The number of carbonyl (C=O) groups excluding carboxylic acids is 2. The second kappa shape index (κ2) is 8.90. The van der Waals surface area contributed by atoms with Gasteiger partial charge >= 0.3 is 6.03 Å². The second-order valence-corrected chi connectivity index (χ2v) is 7.95. The quantitative estimate of drug-likeness (QED) is 0.341. The highest BCUT2D eigenvalue weighted by Gasteiger charge is 2.28. The summed E-state index contributed by atoms with van der Waals surface area (Å²) >= 11 is 0. The Morgan fingerprint density at radius 1 is 1.09 bits per heavy atom. The van der Waals surface area contributed by atoms with Crippen LogP contribution in [0.4, 0.5) is 20.7 Å². The van der Waals surface area contributed by atoms with E-state index in [0.29, 0.717) is 45.3 Å². The van der Waals surface area contributed by atoms with Crippen LogP contribution in [0.1, 0.15) is 21.6 Å². The van der Waals surface area contributed by atoms with Gasteiger partial charge in [-0.1, -0.05) is 12.1 Å². The topological polar surface area (TPSA) is 121 Å². The molecule has 0 aliphatic carbocycles. The highest BCUT2D eigenvalue weighted by Crippen LogP contribution is 2.36. The number of halogens is 1. The van der Waals surface area contributed by atoms with E-state index in [1.165, 1.54) is 13.2 Å². The molecule has 10 heteroatoms. The van der Waals surface area contributed by atoms with Crippen molar-refractivity contribution in [3.05, 3.63) is 77.4 Å². The number of nitrogens with one attached hydrogen (secondary N) is 4. The summed E-state index contributed by atoms with van der Waals surface area (Å²) in [7, 11) is 1.48. The summed E-state index contributed by atoms with van der Waals surface area (Å²) in [6.07, 6.45) is 1.69. The number of rotatable bonds is 5. The van der Waals surface area contributed by atoms with Crippen molar-refractivity contribution in [3.8, 4) is 28.4 Å². The average molecular weight is 472 g/mol. The lowest BCUT2D eigenvalue weighted by Crippen LogP contribution is -2.20. The van der Waals surface area contributed by atoms with E-state index in [2.05, 4.69) is 30.9 Å². The lowest BCUT2D eigenvalue weighted by molar-refractivity contribution is 0.0966. The van der Waals surface area contributed by atoms with Crippen molar-refractivity contribution in [2.45, 2.75) is 13.5 Å². The number of nitrogens with zero attached hydrogens (tertiary/aromatic N) is 2. The first-order valence-corrected chi connectivity index (χ1v) is 10.8. The van der Waals surface area contributed by atoms with Gasteiger partial charge in [-0.05, 0) is 48.4 Å². The van der Waals surface area contributed by atoms with Crippen molar-refractivity contribution in [1.29, 1.82) is 0 Å². The van der Waals surface area contributed by atoms with Gasteiger partial charge in [-0.3, -0.25) is 10.1 Å². The number of hydrogen-bond donors (Lipinski definition) is 4. The van der Waals surface area contributed by atoms with Gasteiger partial charge in [-0.15, -0.1) is 0 Å². The van der Waals surface area contributed by atoms with E-state index < -0.39 is 11.8 Å². The van der Waals surface area contributed by atoms with Crippen LogP contribution in [0.25, 0.3) is 22.5 Å². The first-order valence-electron chi connectivity index (χ1n) is 10.8. The predicted molar refractivity (Wildman–Crippen MR) is 129 cm³/mol. The van der Waals surface area contributed by atoms with Gasteiger partial charge < -0.3 is 20.4 Å². The van der Waals surface area contributed by atoms with E-state index in [-0.39, 0.29) is 18.1 Å². The Kier molecular flexibility index (Phi) is 5.61. The molecule has 3 amide bonds. The number of anilines is 2.